The molecule has 0 amide bonds. The molecule has 0 aliphatic heterocycles. The maximum Gasteiger partial charge on any atom is 0.306 e. The van der Waals surface area contributed by atoms with Gasteiger partial charge in [-0.05, 0) is 24.1 Å². The Labute approximate surface area is 143 Å². The summed E-state index contributed by atoms with van der Waals surface area (Å²) in [4.78, 5) is 23.0. The molecule has 1 aromatic rings. The molecule has 0 unspecified atom stereocenters. The molecule has 1 aromatic carbocycles. The maximum atomic E-state index is 12.7. The average Bonchev–Trinajstić information content (AvgIpc) is 2.58. The summed E-state index contributed by atoms with van der Waals surface area (Å²) in [6.45, 7) is 2.79. The fourth-order valence-electron chi connectivity index (χ4n) is 2.17. The molecule has 0 radical (unpaired) electrons. The van der Waals surface area contributed by atoms with Gasteiger partial charge in [0.2, 0.25) is 0 Å². The molecule has 0 spiro atoms. The Balaban J connectivity index is 2.02. The first-order chi connectivity index (χ1) is 11.6. The van der Waals surface area contributed by atoms with Gasteiger partial charge < -0.3 is 9.47 Å². The summed E-state index contributed by atoms with van der Waals surface area (Å²) < 4.78 is 22.9. The van der Waals surface area contributed by atoms with Crippen LogP contribution in [-0.4, -0.2) is 25.2 Å². The van der Waals surface area contributed by atoms with E-state index in [1.807, 2.05) is 0 Å². The monoisotopic (exact) mass is 338 g/mol. The van der Waals surface area contributed by atoms with Crippen LogP contribution >= 0.6 is 0 Å². The molecule has 0 N–H and O–H groups in total. The predicted octanol–water partition coefficient (Wildman–Crippen LogP) is 4.21. The molecule has 0 fully saturated rings. The van der Waals surface area contributed by atoms with Gasteiger partial charge in [-0.25, -0.2) is 4.39 Å². The lowest BCUT2D eigenvalue weighted by Gasteiger charge is -2.06. The number of esters is 2. The van der Waals surface area contributed by atoms with Gasteiger partial charge in [0.25, 0.3) is 0 Å². The zero-order valence-electron chi connectivity index (χ0n) is 14.4. The first-order valence-corrected chi connectivity index (χ1v) is 8.67. The summed E-state index contributed by atoms with van der Waals surface area (Å²) >= 11 is 0. The van der Waals surface area contributed by atoms with Crippen LogP contribution < -0.4 is 0 Å². The molecule has 0 aliphatic rings. The third kappa shape index (κ3) is 9.98. The van der Waals surface area contributed by atoms with Gasteiger partial charge in [-0.2, -0.15) is 0 Å². The van der Waals surface area contributed by atoms with Crippen molar-refractivity contribution >= 4 is 11.9 Å². The number of ether oxygens (including phenoxy) is 2. The molecular formula is C19H27FO4. The van der Waals surface area contributed by atoms with E-state index in [4.69, 9.17) is 9.47 Å². The van der Waals surface area contributed by atoms with Crippen LogP contribution in [0.3, 0.4) is 0 Å². The fourth-order valence-corrected chi connectivity index (χ4v) is 2.17. The molecule has 0 atom stereocenters. The fraction of sp³-hybridized carbons (Fsp3) is 0.579. The molecule has 134 valence electrons. The highest BCUT2D eigenvalue weighted by Gasteiger charge is 2.09. The second-order valence-electron chi connectivity index (χ2n) is 5.73. The van der Waals surface area contributed by atoms with Crippen molar-refractivity contribution in [3.05, 3.63) is 35.6 Å². The quantitative estimate of drug-likeness (QED) is 0.423. The van der Waals surface area contributed by atoms with Crippen molar-refractivity contribution < 1.29 is 23.5 Å². The van der Waals surface area contributed by atoms with E-state index < -0.39 is 5.97 Å². The van der Waals surface area contributed by atoms with Gasteiger partial charge in [-0.1, -0.05) is 44.7 Å². The average molecular weight is 338 g/mol. The molecule has 0 saturated heterocycles. The number of unbranched alkanes of at least 4 members (excludes halogenated alkanes) is 4. The van der Waals surface area contributed by atoms with Gasteiger partial charge in [-0.3, -0.25) is 9.59 Å². The second kappa shape index (κ2) is 12.5. The lowest BCUT2D eigenvalue weighted by molar-refractivity contribution is -0.150. The SMILES string of the molecule is CCCCCCCOC(=O)CCC(=O)OCCc1ccc(F)cc1. The highest BCUT2D eigenvalue weighted by Crippen LogP contribution is 2.05. The molecular weight excluding hydrogens is 311 g/mol. The van der Waals surface area contributed by atoms with E-state index >= 15 is 0 Å². The number of halogens is 1. The van der Waals surface area contributed by atoms with Crippen LogP contribution in [0.25, 0.3) is 0 Å². The van der Waals surface area contributed by atoms with E-state index in [2.05, 4.69) is 6.92 Å². The summed E-state index contributed by atoms with van der Waals surface area (Å²) in [7, 11) is 0. The Morgan fingerprint density at radius 2 is 1.46 bits per heavy atom. The van der Waals surface area contributed by atoms with E-state index in [1.165, 1.54) is 25.0 Å². The van der Waals surface area contributed by atoms with Gasteiger partial charge >= 0.3 is 11.9 Å². The zero-order valence-corrected chi connectivity index (χ0v) is 14.4. The Morgan fingerprint density at radius 1 is 0.875 bits per heavy atom. The third-order valence-electron chi connectivity index (χ3n) is 3.61. The van der Waals surface area contributed by atoms with Crippen molar-refractivity contribution in [1.29, 1.82) is 0 Å². The van der Waals surface area contributed by atoms with Crippen molar-refractivity contribution in [3.63, 3.8) is 0 Å². The first-order valence-electron chi connectivity index (χ1n) is 8.67. The van der Waals surface area contributed by atoms with E-state index in [0.717, 1.165) is 24.8 Å². The number of hydrogen-bond acceptors (Lipinski definition) is 4. The van der Waals surface area contributed by atoms with E-state index in [9.17, 15) is 14.0 Å². The van der Waals surface area contributed by atoms with Crippen LogP contribution in [-0.2, 0) is 25.5 Å². The van der Waals surface area contributed by atoms with Crippen LogP contribution in [0.1, 0.15) is 57.4 Å². The van der Waals surface area contributed by atoms with Gasteiger partial charge in [-0.15, -0.1) is 0 Å². The van der Waals surface area contributed by atoms with Crippen molar-refractivity contribution in [2.24, 2.45) is 0 Å². The highest BCUT2D eigenvalue weighted by molar-refractivity contribution is 5.77. The van der Waals surface area contributed by atoms with E-state index in [1.54, 1.807) is 12.1 Å². The minimum atomic E-state index is -0.419. The normalized spacial score (nSPS) is 10.4. The predicted molar refractivity (Wildman–Crippen MR) is 90.0 cm³/mol. The molecule has 24 heavy (non-hydrogen) atoms. The van der Waals surface area contributed by atoms with Crippen LogP contribution in [0, 0.1) is 5.82 Å². The topological polar surface area (TPSA) is 52.6 Å². The number of carbonyl (C=O) groups is 2. The standard InChI is InChI=1S/C19H27FO4/c1-2-3-4-5-6-14-23-18(21)11-12-19(22)24-15-13-16-7-9-17(20)10-8-16/h7-10H,2-6,11-15H2,1H3. The number of rotatable bonds is 12. The summed E-state index contributed by atoms with van der Waals surface area (Å²) in [5.41, 5.74) is 0.895. The molecule has 4 nitrogen and oxygen atoms in total. The first kappa shape index (κ1) is 20.1. The van der Waals surface area contributed by atoms with Crippen LogP contribution in [0.2, 0.25) is 0 Å². The maximum absolute atomic E-state index is 12.7. The zero-order chi connectivity index (χ0) is 17.6. The van der Waals surface area contributed by atoms with Crippen molar-refractivity contribution in [3.8, 4) is 0 Å². The van der Waals surface area contributed by atoms with Gasteiger partial charge in [0.1, 0.15) is 5.82 Å². The second-order valence-corrected chi connectivity index (χ2v) is 5.73. The van der Waals surface area contributed by atoms with Crippen molar-refractivity contribution in [2.75, 3.05) is 13.2 Å². The number of benzene rings is 1. The summed E-state index contributed by atoms with van der Waals surface area (Å²) in [5.74, 6) is -1.07. The Morgan fingerprint density at radius 3 is 2.08 bits per heavy atom. The van der Waals surface area contributed by atoms with Crippen LogP contribution in [0.5, 0.6) is 0 Å². The van der Waals surface area contributed by atoms with Gasteiger partial charge in [0, 0.05) is 6.42 Å². The Bertz CT molecular complexity index is 485. The minimum absolute atomic E-state index is 0.0259. The van der Waals surface area contributed by atoms with E-state index in [-0.39, 0.29) is 31.2 Å². The largest absolute Gasteiger partial charge is 0.466 e. The molecule has 0 aromatic heterocycles. The molecule has 0 aliphatic carbocycles. The van der Waals surface area contributed by atoms with Gasteiger partial charge in [0.15, 0.2) is 0 Å². The van der Waals surface area contributed by atoms with E-state index in [0.29, 0.717) is 13.0 Å². The summed E-state index contributed by atoms with van der Waals surface area (Å²) in [5, 5.41) is 0. The molecule has 0 heterocycles. The van der Waals surface area contributed by atoms with Crippen LogP contribution in [0.4, 0.5) is 4.39 Å². The lowest BCUT2D eigenvalue weighted by Crippen LogP contribution is -2.12. The Kier molecular flexibility index (Phi) is 10.5. The molecule has 0 saturated carbocycles. The molecule has 0 bridgehead atoms. The number of hydrogen-bond donors (Lipinski definition) is 0. The van der Waals surface area contributed by atoms with Crippen molar-refractivity contribution in [1.82, 2.24) is 0 Å². The van der Waals surface area contributed by atoms with Crippen LogP contribution in [0.15, 0.2) is 24.3 Å². The third-order valence-corrected chi connectivity index (χ3v) is 3.61. The lowest BCUT2D eigenvalue weighted by atomic mass is 10.2. The minimum Gasteiger partial charge on any atom is -0.466 e. The smallest absolute Gasteiger partial charge is 0.306 e. The highest BCUT2D eigenvalue weighted by atomic mass is 19.1. The summed E-state index contributed by atoms with van der Waals surface area (Å²) in [6.07, 6.45) is 6.08. The Hall–Kier alpha value is -1.91. The van der Waals surface area contributed by atoms with Gasteiger partial charge in [0.05, 0.1) is 26.1 Å². The molecule has 1 rings (SSSR count). The van der Waals surface area contributed by atoms with Crippen molar-refractivity contribution in [2.45, 2.75) is 58.3 Å². The summed E-state index contributed by atoms with van der Waals surface area (Å²) in [6, 6.07) is 6.05. The molecule has 5 heteroatoms. The number of carbonyl (C=O) groups excluding carboxylic acids is 2.